The standard InChI is InChI=1S/C25H24N8O2/c1-32(2)23-16(5-3-10-26-23)13-21(34)30-20-8-7-18(14-28-20)25(35)33-12-9-17-15-29-31-22(17)19-6-4-11-27-24(19)33/h3-8,10-11,14-15H,9,12-13H2,1-2H3,(H,29,31)(H,28,30,34). The van der Waals surface area contributed by atoms with Crippen molar-refractivity contribution in [3.05, 3.63) is 77.9 Å². The number of fused-ring (bicyclic) bond motifs is 3. The molecule has 4 aromatic rings. The number of nitrogens with zero attached hydrogens (tertiary/aromatic N) is 6. The third kappa shape index (κ3) is 4.45. The Balaban J connectivity index is 1.31. The lowest BCUT2D eigenvalue weighted by Crippen LogP contribution is -2.33. The van der Waals surface area contributed by atoms with E-state index in [1.54, 1.807) is 41.7 Å². The maximum Gasteiger partial charge on any atom is 0.261 e. The highest BCUT2D eigenvalue weighted by Gasteiger charge is 2.27. The molecule has 10 heteroatoms. The fourth-order valence-corrected chi connectivity index (χ4v) is 4.16. The van der Waals surface area contributed by atoms with E-state index in [1.165, 1.54) is 6.20 Å². The maximum absolute atomic E-state index is 13.4. The maximum atomic E-state index is 13.4. The highest BCUT2D eigenvalue weighted by molar-refractivity contribution is 6.07. The quantitative estimate of drug-likeness (QED) is 0.462. The van der Waals surface area contributed by atoms with E-state index >= 15 is 0 Å². The number of hydrogen-bond donors (Lipinski definition) is 2. The molecule has 10 nitrogen and oxygen atoms in total. The van der Waals surface area contributed by atoms with Crippen LogP contribution in [0.25, 0.3) is 11.3 Å². The van der Waals surface area contributed by atoms with Crippen LogP contribution in [0.15, 0.2) is 61.2 Å². The van der Waals surface area contributed by atoms with E-state index in [9.17, 15) is 9.59 Å². The van der Waals surface area contributed by atoms with Crippen molar-refractivity contribution in [1.29, 1.82) is 0 Å². The van der Waals surface area contributed by atoms with Crippen LogP contribution in [0, 0.1) is 0 Å². The molecule has 0 bridgehead atoms. The van der Waals surface area contributed by atoms with E-state index < -0.39 is 0 Å². The average Bonchev–Trinajstić information content (AvgIpc) is 3.27. The smallest absolute Gasteiger partial charge is 0.261 e. The first-order valence-corrected chi connectivity index (χ1v) is 11.2. The lowest BCUT2D eigenvalue weighted by molar-refractivity contribution is -0.115. The Kier molecular flexibility index (Phi) is 5.92. The number of pyridine rings is 3. The summed E-state index contributed by atoms with van der Waals surface area (Å²) in [6.07, 6.45) is 7.43. The molecular formula is C25H24N8O2. The van der Waals surface area contributed by atoms with Gasteiger partial charge in [-0.05, 0) is 42.3 Å². The Morgan fingerprint density at radius 1 is 1.06 bits per heavy atom. The molecule has 0 spiro atoms. The van der Waals surface area contributed by atoms with Crippen LogP contribution in [-0.2, 0) is 17.6 Å². The van der Waals surface area contributed by atoms with Crippen LogP contribution in [0.5, 0.6) is 0 Å². The normalized spacial score (nSPS) is 12.3. The molecule has 0 aromatic carbocycles. The first-order valence-electron chi connectivity index (χ1n) is 11.2. The van der Waals surface area contributed by atoms with Crippen molar-refractivity contribution in [2.24, 2.45) is 0 Å². The molecule has 4 aromatic heterocycles. The van der Waals surface area contributed by atoms with Crippen LogP contribution in [0.3, 0.4) is 0 Å². The monoisotopic (exact) mass is 468 g/mol. The van der Waals surface area contributed by atoms with Gasteiger partial charge in [-0.25, -0.2) is 15.0 Å². The predicted octanol–water partition coefficient (Wildman–Crippen LogP) is 2.71. The number of rotatable bonds is 5. The summed E-state index contributed by atoms with van der Waals surface area (Å²) in [6, 6.07) is 10.7. The second kappa shape index (κ2) is 9.34. The molecule has 0 atom stereocenters. The lowest BCUT2D eigenvalue weighted by Gasteiger charge is -2.21. The SMILES string of the molecule is CN(C)c1ncccc1CC(=O)Nc1ccc(C(=O)N2CCc3cn[nH]c3-c3cccnc32)cn1. The van der Waals surface area contributed by atoms with Crippen molar-refractivity contribution in [3.63, 3.8) is 0 Å². The number of carbonyl (C=O) groups is 2. The number of aromatic amines is 1. The largest absolute Gasteiger partial charge is 0.363 e. The number of hydrogen-bond acceptors (Lipinski definition) is 7. The van der Waals surface area contributed by atoms with Gasteiger partial charge in [0.15, 0.2) is 0 Å². The van der Waals surface area contributed by atoms with Crippen molar-refractivity contribution in [2.75, 3.05) is 35.8 Å². The van der Waals surface area contributed by atoms with Gasteiger partial charge in [-0.2, -0.15) is 5.10 Å². The third-order valence-corrected chi connectivity index (χ3v) is 5.80. The first kappa shape index (κ1) is 22.2. The summed E-state index contributed by atoms with van der Waals surface area (Å²) in [5.74, 6) is 1.26. The van der Waals surface area contributed by atoms with Crippen molar-refractivity contribution < 1.29 is 9.59 Å². The summed E-state index contributed by atoms with van der Waals surface area (Å²) in [7, 11) is 3.76. The lowest BCUT2D eigenvalue weighted by atomic mass is 10.1. The van der Waals surface area contributed by atoms with Gasteiger partial charge in [0.25, 0.3) is 5.91 Å². The zero-order valence-corrected chi connectivity index (χ0v) is 19.4. The second-order valence-electron chi connectivity index (χ2n) is 8.39. The van der Waals surface area contributed by atoms with Gasteiger partial charge in [0.1, 0.15) is 17.5 Å². The molecule has 0 aliphatic carbocycles. The summed E-state index contributed by atoms with van der Waals surface area (Å²) < 4.78 is 0. The highest BCUT2D eigenvalue weighted by atomic mass is 16.2. The number of aromatic nitrogens is 5. The zero-order chi connectivity index (χ0) is 24.4. The summed E-state index contributed by atoms with van der Waals surface area (Å²) in [4.78, 5) is 42.6. The number of anilines is 3. The van der Waals surface area contributed by atoms with E-state index in [0.29, 0.717) is 30.2 Å². The highest BCUT2D eigenvalue weighted by Crippen LogP contribution is 2.33. The van der Waals surface area contributed by atoms with Crippen molar-refractivity contribution >= 4 is 29.3 Å². The molecule has 1 aliphatic rings. The summed E-state index contributed by atoms with van der Waals surface area (Å²) >= 11 is 0. The van der Waals surface area contributed by atoms with Crippen LogP contribution < -0.4 is 15.1 Å². The molecule has 2 N–H and O–H groups in total. The molecular weight excluding hydrogens is 444 g/mol. The van der Waals surface area contributed by atoms with Gasteiger partial charge < -0.3 is 10.2 Å². The van der Waals surface area contributed by atoms with Crippen LogP contribution in [0.4, 0.5) is 17.5 Å². The third-order valence-electron chi connectivity index (χ3n) is 5.80. The fourth-order valence-electron chi connectivity index (χ4n) is 4.16. The van der Waals surface area contributed by atoms with Gasteiger partial charge in [0.2, 0.25) is 5.91 Å². The number of amides is 2. The van der Waals surface area contributed by atoms with Gasteiger partial charge in [-0.1, -0.05) is 6.07 Å². The van der Waals surface area contributed by atoms with Gasteiger partial charge in [0.05, 0.1) is 23.9 Å². The van der Waals surface area contributed by atoms with Gasteiger partial charge >= 0.3 is 0 Å². The minimum atomic E-state index is -0.215. The molecule has 0 radical (unpaired) electrons. The zero-order valence-electron chi connectivity index (χ0n) is 19.4. The Hall–Kier alpha value is -4.60. The Morgan fingerprint density at radius 2 is 1.89 bits per heavy atom. The molecule has 176 valence electrons. The minimum absolute atomic E-state index is 0.162. The number of nitrogens with one attached hydrogen (secondary N) is 2. The average molecular weight is 469 g/mol. The molecule has 5 heterocycles. The molecule has 0 saturated carbocycles. The van der Waals surface area contributed by atoms with Crippen molar-refractivity contribution in [1.82, 2.24) is 25.1 Å². The second-order valence-corrected chi connectivity index (χ2v) is 8.39. The van der Waals surface area contributed by atoms with Gasteiger partial charge in [-0.3, -0.25) is 19.6 Å². The molecule has 0 fully saturated rings. The Bertz CT molecular complexity index is 1380. The first-order chi connectivity index (χ1) is 17.0. The number of H-pyrrole nitrogens is 1. The number of carbonyl (C=O) groups excluding carboxylic acids is 2. The molecule has 0 saturated heterocycles. The minimum Gasteiger partial charge on any atom is -0.363 e. The molecule has 5 rings (SSSR count). The summed E-state index contributed by atoms with van der Waals surface area (Å²) in [6.45, 7) is 0.465. The summed E-state index contributed by atoms with van der Waals surface area (Å²) in [5, 5.41) is 9.95. The van der Waals surface area contributed by atoms with Crippen LogP contribution in [-0.4, -0.2) is 57.6 Å². The van der Waals surface area contributed by atoms with Gasteiger partial charge in [-0.15, -0.1) is 0 Å². The van der Waals surface area contributed by atoms with Crippen molar-refractivity contribution in [3.8, 4) is 11.3 Å². The van der Waals surface area contributed by atoms with E-state index in [2.05, 4.69) is 30.5 Å². The fraction of sp³-hybridized carbons (Fsp3) is 0.200. The van der Waals surface area contributed by atoms with E-state index in [-0.39, 0.29) is 18.2 Å². The molecule has 0 unspecified atom stereocenters. The predicted molar refractivity (Wildman–Crippen MR) is 132 cm³/mol. The van der Waals surface area contributed by atoms with Crippen molar-refractivity contribution in [2.45, 2.75) is 12.8 Å². The van der Waals surface area contributed by atoms with Crippen LogP contribution in [0.1, 0.15) is 21.5 Å². The van der Waals surface area contributed by atoms with E-state index in [1.807, 2.05) is 37.2 Å². The van der Waals surface area contributed by atoms with E-state index in [0.717, 1.165) is 28.2 Å². The van der Waals surface area contributed by atoms with Crippen LogP contribution >= 0.6 is 0 Å². The molecule has 1 aliphatic heterocycles. The summed E-state index contributed by atoms with van der Waals surface area (Å²) in [5.41, 5.74) is 3.97. The Labute approximate surface area is 202 Å². The van der Waals surface area contributed by atoms with Crippen LogP contribution in [0.2, 0.25) is 0 Å². The van der Waals surface area contributed by atoms with E-state index in [4.69, 9.17) is 0 Å². The molecule has 35 heavy (non-hydrogen) atoms. The Morgan fingerprint density at radius 3 is 2.69 bits per heavy atom. The van der Waals surface area contributed by atoms with Gasteiger partial charge in [0, 0.05) is 50.4 Å². The molecule has 2 amide bonds. The topological polar surface area (TPSA) is 120 Å².